The number of hydrogen-bond donors (Lipinski definition) is 3. The van der Waals surface area contributed by atoms with Gasteiger partial charge in [-0.15, -0.1) is 5.10 Å². The van der Waals surface area contributed by atoms with E-state index >= 15 is 0 Å². The van der Waals surface area contributed by atoms with E-state index in [0.717, 1.165) is 5.39 Å². The van der Waals surface area contributed by atoms with E-state index in [-0.39, 0.29) is 6.61 Å². The summed E-state index contributed by atoms with van der Waals surface area (Å²) < 4.78 is 17.4. The maximum Gasteiger partial charge on any atom is 0.336 e. The fourth-order valence-electron chi connectivity index (χ4n) is 2.89. The number of ether oxygens (including phenoxy) is 2. The molecule has 0 spiro atoms. The first-order valence-electron chi connectivity index (χ1n) is 8.25. The highest BCUT2D eigenvalue weighted by atomic mass is 16.6. The molecule has 0 amide bonds. The van der Waals surface area contributed by atoms with Gasteiger partial charge in [0.05, 0.1) is 12.8 Å². The molecule has 1 aliphatic heterocycles. The average Bonchev–Trinajstić information content (AvgIpc) is 3.25. The van der Waals surface area contributed by atoms with Crippen molar-refractivity contribution in [1.82, 2.24) is 15.0 Å². The molecule has 3 heterocycles. The molecule has 3 aromatic rings. The smallest absolute Gasteiger partial charge is 0.336 e. The summed E-state index contributed by atoms with van der Waals surface area (Å²) in [6.07, 6.45) is -2.77. The lowest BCUT2D eigenvalue weighted by molar-refractivity contribution is -0.0594. The van der Waals surface area contributed by atoms with E-state index in [1.54, 1.807) is 24.3 Å². The summed E-state index contributed by atoms with van der Waals surface area (Å²) in [6, 6.07) is 8.12. The lowest BCUT2D eigenvalue weighted by Gasteiger charge is -2.13. The zero-order valence-corrected chi connectivity index (χ0v) is 14.0. The first-order valence-corrected chi connectivity index (χ1v) is 8.25. The molecule has 0 bridgehead atoms. The van der Waals surface area contributed by atoms with E-state index in [0.29, 0.717) is 17.0 Å². The largest absolute Gasteiger partial charge is 0.487 e. The fourth-order valence-corrected chi connectivity index (χ4v) is 2.89. The van der Waals surface area contributed by atoms with Crippen LogP contribution in [0.2, 0.25) is 0 Å². The molecule has 0 radical (unpaired) electrons. The number of hydrogen-bond acceptors (Lipinski definition) is 9. The van der Waals surface area contributed by atoms with Crippen LogP contribution in [0, 0.1) is 0 Å². The van der Waals surface area contributed by atoms with E-state index in [4.69, 9.17) is 19.0 Å². The summed E-state index contributed by atoms with van der Waals surface area (Å²) >= 11 is 0. The van der Waals surface area contributed by atoms with Crippen LogP contribution in [0.4, 0.5) is 0 Å². The Morgan fingerprint density at radius 1 is 1.19 bits per heavy atom. The predicted octanol–water partition coefficient (Wildman–Crippen LogP) is -0.425. The number of nitrogens with zero attached hydrogens (tertiary/aromatic N) is 3. The molecule has 4 rings (SSSR count). The lowest BCUT2D eigenvalue weighted by Crippen LogP contribution is -2.33. The van der Waals surface area contributed by atoms with Crippen LogP contribution in [-0.2, 0) is 11.3 Å². The van der Waals surface area contributed by atoms with Crippen LogP contribution in [0.5, 0.6) is 5.75 Å². The molecule has 10 heteroatoms. The van der Waals surface area contributed by atoms with Crippen molar-refractivity contribution in [3.8, 4) is 5.75 Å². The Morgan fingerprint density at radius 2 is 2.00 bits per heavy atom. The monoisotopic (exact) mass is 375 g/mol. The van der Waals surface area contributed by atoms with Crippen molar-refractivity contribution in [2.75, 3.05) is 6.61 Å². The highest BCUT2D eigenvalue weighted by molar-refractivity contribution is 5.77. The standard InChI is InChI=1S/C17H17N3O7/c21-7-13-15(23)16(24)17(27-13)20-6-10(18-19-20)8-25-11-3-1-9-2-4-14(22)26-12(9)5-11/h1-6,13,15-17,21,23-24H,7-8H2/t13-,15-,16-,17-/m1/s1. The van der Waals surface area contributed by atoms with Gasteiger partial charge in [0.1, 0.15) is 41.9 Å². The molecule has 0 aliphatic carbocycles. The second kappa shape index (κ2) is 7.08. The van der Waals surface area contributed by atoms with Crippen LogP contribution in [0.3, 0.4) is 0 Å². The van der Waals surface area contributed by atoms with Gasteiger partial charge in [0.2, 0.25) is 0 Å². The fraction of sp³-hybridized carbons (Fsp3) is 0.353. The van der Waals surface area contributed by atoms with Gasteiger partial charge in [-0.3, -0.25) is 0 Å². The summed E-state index contributed by atoms with van der Waals surface area (Å²) in [5.41, 5.74) is 0.429. The number of fused-ring (bicyclic) bond motifs is 1. The molecule has 1 aliphatic rings. The van der Waals surface area contributed by atoms with Gasteiger partial charge in [-0.25, -0.2) is 9.48 Å². The second-order valence-electron chi connectivity index (χ2n) is 6.16. The van der Waals surface area contributed by atoms with Crippen molar-refractivity contribution in [1.29, 1.82) is 0 Å². The number of benzene rings is 1. The Morgan fingerprint density at radius 3 is 2.78 bits per heavy atom. The molecule has 2 aromatic heterocycles. The molecule has 0 saturated carbocycles. The van der Waals surface area contributed by atoms with Gasteiger partial charge in [0, 0.05) is 17.5 Å². The third-order valence-electron chi connectivity index (χ3n) is 4.32. The van der Waals surface area contributed by atoms with Crippen LogP contribution in [0.1, 0.15) is 11.9 Å². The van der Waals surface area contributed by atoms with Gasteiger partial charge in [0.15, 0.2) is 6.23 Å². The first-order chi connectivity index (χ1) is 13.0. The van der Waals surface area contributed by atoms with Crippen molar-refractivity contribution >= 4 is 11.0 Å². The molecule has 3 N–H and O–H groups in total. The Hall–Kier alpha value is -2.79. The van der Waals surface area contributed by atoms with Gasteiger partial charge in [0.25, 0.3) is 0 Å². The minimum atomic E-state index is -1.24. The third kappa shape index (κ3) is 3.43. The minimum absolute atomic E-state index is 0.0807. The maximum atomic E-state index is 11.3. The molecule has 1 saturated heterocycles. The molecule has 0 unspecified atom stereocenters. The topological polar surface area (TPSA) is 140 Å². The Kier molecular flexibility index (Phi) is 4.62. The van der Waals surface area contributed by atoms with Crippen molar-refractivity contribution in [2.45, 2.75) is 31.1 Å². The maximum absolute atomic E-state index is 11.3. The normalized spacial score (nSPS) is 25.1. The van der Waals surface area contributed by atoms with Crippen molar-refractivity contribution in [3.05, 3.63) is 52.6 Å². The summed E-state index contributed by atoms with van der Waals surface area (Å²) in [4.78, 5) is 11.3. The summed E-state index contributed by atoms with van der Waals surface area (Å²) in [7, 11) is 0. The number of aliphatic hydroxyl groups excluding tert-OH is 3. The summed E-state index contributed by atoms with van der Waals surface area (Å²) in [5, 5.41) is 37.5. The van der Waals surface area contributed by atoms with Gasteiger partial charge in [-0.05, 0) is 18.2 Å². The quantitative estimate of drug-likeness (QED) is 0.507. The molecular weight excluding hydrogens is 358 g/mol. The number of aromatic nitrogens is 3. The van der Waals surface area contributed by atoms with Gasteiger partial charge in [-0.2, -0.15) is 0 Å². The molecule has 27 heavy (non-hydrogen) atoms. The molecular formula is C17H17N3O7. The summed E-state index contributed by atoms with van der Waals surface area (Å²) in [6.45, 7) is -0.338. The van der Waals surface area contributed by atoms with Gasteiger partial charge >= 0.3 is 5.63 Å². The van der Waals surface area contributed by atoms with E-state index in [9.17, 15) is 15.0 Å². The Bertz CT molecular complexity index is 1000. The number of rotatable bonds is 5. The predicted molar refractivity (Wildman–Crippen MR) is 89.8 cm³/mol. The van der Waals surface area contributed by atoms with E-state index in [2.05, 4.69) is 10.3 Å². The molecule has 10 nitrogen and oxygen atoms in total. The zero-order valence-electron chi connectivity index (χ0n) is 14.0. The lowest BCUT2D eigenvalue weighted by atomic mass is 10.1. The van der Waals surface area contributed by atoms with Crippen molar-refractivity contribution in [2.24, 2.45) is 0 Å². The first kappa shape index (κ1) is 17.6. The van der Waals surface area contributed by atoms with Crippen LogP contribution >= 0.6 is 0 Å². The highest BCUT2D eigenvalue weighted by Crippen LogP contribution is 2.28. The van der Waals surface area contributed by atoms with Crippen molar-refractivity contribution < 1.29 is 29.2 Å². The number of aliphatic hydroxyl groups is 3. The average molecular weight is 375 g/mol. The van der Waals surface area contributed by atoms with E-state index < -0.39 is 36.8 Å². The highest BCUT2D eigenvalue weighted by Gasteiger charge is 2.43. The molecule has 4 atom stereocenters. The molecule has 1 aromatic carbocycles. The van der Waals surface area contributed by atoms with Crippen LogP contribution in [0.25, 0.3) is 11.0 Å². The minimum Gasteiger partial charge on any atom is -0.487 e. The van der Waals surface area contributed by atoms with Gasteiger partial charge < -0.3 is 29.2 Å². The summed E-state index contributed by atoms with van der Waals surface area (Å²) in [5.74, 6) is 0.485. The zero-order chi connectivity index (χ0) is 19.0. The molecule has 142 valence electrons. The SMILES string of the molecule is O=c1ccc2ccc(OCc3cn([C@@H]4O[C@H](CO)[C@@H](O)[C@H]4O)nn3)cc2o1. The van der Waals surface area contributed by atoms with Crippen LogP contribution < -0.4 is 10.4 Å². The third-order valence-corrected chi connectivity index (χ3v) is 4.32. The van der Waals surface area contributed by atoms with E-state index in [1.165, 1.54) is 16.9 Å². The van der Waals surface area contributed by atoms with Crippen molar-refractivity contribution in [3.63, 3.8) is 0 Å². The Labute approximate surface area is 152 Å². The van der Waals surface area contributed by atoms with Gasteiger partial charge in [-0.1, -0.05) is 5.21 Å². The van der Waals surface area contributed by atoms with Crippen LogP contribution in [-0.4, -0.2) is 55.2 Å². The Balaban J connectivity index is 1.45. The van der Waals surface area contributed by atoms with Crippen LogP contribution in [0.15, 0.2) is 45.7 Å². The second-order valence-corrected chi connectivity index (χ2v) is 6.16. The molecule has 1 fully saturated rings. The van der Waals surface area contributed by atoms with E-state index in [1.807, 2.05) is 0 Å².